The Bertz CT molecular complexity index is 3290. The molecule has 0 bridgehead atoms. The van der Waals surface area contributed by atoms with Gasteiger partial charge in [-0.1, -0.05) is 207 Å². The molecule has 0 saturated carbocycles. The van der Waals surface area contributed by atoms with Gasteiger partial charge in [-0.25, -0.2) is 0 Å². The Morgan fingerprint density at radius 3 is 0.985 bits per heavy atom. The van der Waals surface area contributed by atoms with E-state index in [4.69, 9.17) is 0 Å². The first kappa shape index (κ1) is 41.2. The molecule has 0 N–H and O–H groups in total. The average molecular weight is 895 g/mol. The number of hydrogen-bond donors (Lipinski definition) is 0. The third kappa shape index (κ3) is 6.34. The first-order chi connectivity index (χ1) is 32.5. The molecule has 0 fully saturated rings. The minimum Gasteiger partial charge on any atom is -0.310 e. The molecule has 0 aromatic heterocycles. The maximum absolute atomic E-state index is 2.58. The summed E-state index contributed by atoms with van der Waals surface area (Å²) in [5.74, 6) is 0. The molecule has 0 heterocycles. The van der Waals surface area contributed by atoms with Crippen LogP contribution in [0.2, 0.25) is 39.3 Å². The van der Waals surface area contributed by atoms with E-state index in [9.17, 15) is 0 Å². The summed E-state index contributed by atoms with van der Waals surface area (Å²) in [5, 5.41) is 7.88. The van der Waals surface area contributed by atoms with Crippen LogP contribution in [0.5, 0.6) is 0 Å². The van der Waals surface area contributed by atoms with Crippen molar-refractivity contribution in [1.82, 2.24) is 0 Å². The highest BCUT2D eigenvalue weighted by molar-refractivity contribution is 6.89. The molecule has 12 rings (SSSR count). The van der Waals surface area contributed by atoms with Crippen molar-refractivity contribution >= 4 is 82.2 Å². The van der Waals surface area contributed by atoms with Gasteiger partial charge in [-0.15, -0.1) is 0 Å². The van der Waals surface area contributed by atoms with E-state index in [0.717, 1.165) is 22.7 Å². The van der Waals surface area contributed by atoms with E-state index < -0.39 is 21.6 Å². The number of nitrogens with zero attached hydrogens (tertiary/aromatic N) is 2. The third-order valence-corrected chi connectivity index (χ3v) is 18.7. The standard InChI is InChI=1S/C63H54N2Si2/c1-66(2,3)47-37-33-45(34-38-47)64(43-21-9-7-10-22-43)59-41-57-61(53-29-15-13-27-51(53)59)62-54-30-16-14-28-52(54)60(65(44-23-11-8-12-24-44)46-35-39-48(40-36-46)67(4,5)6)42-58(62)63(57)55-31-19-17-25-49(55)50-26-18-20-32-56(50)63/h7-42H,1-6H3. The van der Waals surface area contributed by atoms with E-state index in [-0.39, 0.29) is 0 Å². The van der Waals surface area contributed by atoms with E-state index in [2.05, 4.69) is 267 Å². The van der Waals surface area contributed by atoms with Crippen molar-refractivity contribution in [3.05, 3.63) is 241 Å². The third-order valence-electron chi connectivity index (χ3n) is 14.5. The van der Waals surface area contributed by atoms with Crippen molar-refractivity contribution in [2.45, 2.75) is 44.7 Å². The van der Waals surface area contributed by atoms with Crippen LogP contribution in [0.4, 0.5) is 34.1 Å². The molecule has 0 amide bonds. The fraction of sp³-hybridized carbons (Fsp3) is 0.111. The Hall–Kier alpha value is -7.25. The van der Waals surface area contributed by atoms with Crippen LogP contribution in [0.15, 0.2) is 218 Å². The van der Waals surface area contributed by atoms with E-state index >= 15 is 0 Å². The summed E-state index contributed by atoms with van der Waals surface area (Å²) in [6, 6.07) is 82.8. The summed E-state index contributed by atoms with van der Waals surface area (Å²) in [6.07, 6.45) is 0. The number of para-hydroxylation sites is 2. The zero-order chi connectivity index (χ0) is 45.7. The van der Waals surface area contributed by atoms with Gasteiger partial charge in [-0.3, -0.25) is 0 Å². The second-order valence-corrected chi connectivity index (χ2v) is 30.7. The first-order valence-electron chi connectivity index (χ1n) is 23.8. The molecule has 1 spiro atoms. The second-order valence-electron chi connectivity index (χ2n) is 20.5. The molecule has 0 saturated heterocycles. The zero-order valence-corrected chi connectivity index (χ0v) is 41.2. The van der Waals surface area contributed by atoms with Crippen LogP contribution in [0, 0.1) is 0 Å². The highest BCUT2D eigenvalue weighted by Gasteiger charge is 2.53. The summed E-state index contributed by atoms with van der Waals surface area (Å²) < 4.78 is 0. The molecule has 0 unspecified atom stereocenters. The molecule has 67 heavy (non-hydrogen) atoms. The predicted molar refractivity (Wildman–Crippen MR) is 293 cm³/mol. The zero-order valence-electron chi connectivity index (χ0n) is 39.2. The van der Waals surface area contributed by atoms with Crippen molar-refractivity contribution < 1.29 is 0 Å². The van der Waals surface area contributed by atoms with Crippen LogP contribution < -0.4 is 20.2 Å². The summed E-state index contributed by atoms with van der Waals surface area (Å²) in [5.41, 5.74) is 16.8. The van der Waals surface area contributed by atoms with Gasteiger partial charge in [0.25, 0.3) is 0 Å². The molecule has 10 aromatic rings. The van der Waals surface area contributed by atoms with Crippen molar-refractivity contribution in [3.63, 3.8) is 0 Å². The smallest absolute Gasteiger partial charge is 0.0775 e. The lowest BCUT2D eigenvalue weighted by atomic mass is 9.70. The van der Waals surface area contributed by atoms with E-state index in [0.29, 0.717) is 0 Å². The van der Waals surface area contributed by atoms with Crippen LogP contribution in [0.1, 0.15) is 22.3 Å². The lowest BCUT2D eigenvalue weighted by molar-refractivity contribution is 0.795. The summed E-state index contributed by atoms with van der Waals surface area (Å²) >= 11 is 0. The average Bonchev–Trinajstić information content (AvgIpc) is 3.82. The molecule has 4 heteroatoms. The Morgan fingerprint density at radius 1 is 0.299 bits per heavy atom. The van der Waals surface area contributed by atoms with Gasteiger partial charge in [0.2, 0.25) is 0 Å². The molecule has 0 aliphatic heterocycles. The van der Waals surface area contributed by atoms with Crippen molar-refractivity contribution in [1.29, 1.82) is 0 Å². The number of fused-ring (bicyclic) bond motifs is 14. The molecular weight excluding hydrogens is 841 g/mol. The lowest BCUT2D eigenvalue weighted by Crippen LogP contribution is -2.37. The van der Waals surface area contributed by atoms with Crippen LogP contribution in [-0.2, 0) is 5.41 Å². The molecule has 10 aromatic carbocycles. The maximum atomic E-state index is 2.58. The minimum atomic E-state index is -1.54. The molecule has 324 valence electrons. The molecule has 2 aliphatic carbocycles. The molecule has 2 aliphatic rings. The Morgan fingerprint density at radius 2 is 0.612 bits per heavy atom. The van der Waals surface area contributed by atoms with E-state index in [1.165, 1.54) is 87.8 Å². The van der Waals surface area contributed by atoms with Crippen molar-refractivity contribution in [2.24, 2.45) is 0 Å². The highest BCUT2D eigenvalue weighted by Crippen LogP contribution is 2.67. The SMILES string of the molecule is C[Si](C)(C)c1ccc(N(c2ccccc2)c2cc3c(c4ccccc24)-c2c(cc(N(c4ccccc4)c4ccc([Si](C)(C)C)cc4)c4ccccc24)C32c3ccccc3-c3ccccc32)cc1. The van der Waals surface area contributed by atoms with Gasteiger partial charge in [0.1, 0.15) is 0 Å². The molecular formula is C63H54N2Si2. The second kappa shape index (κ2) is 15.4. The van der Waals surface area contributed by atoms with Gasteiger partial charge in [-0.05, 0) is 116 Å². The number of rotatable bonds is 8. The fourth-order valence-electron chi connectivity index (χ4n) is 11.4. The quantitative estimate of drug-likeness (QED) is 0.140. The van der Waals surface area contributed by atoms with Gasteiger partial charge in [0.15, 0.2) is 0 Å². The van der Waals surface area contributed by atoms with Crippen LogP contribution >= 0.6 is 0 Å². The number of benzene rings is 10. The van der Waals surface area contributed by atoms with Crippen LogP contribution in [-0.4, -0.2) is 16.1 Å². The normalized spacial score (nSPS) is 13.3. The molecule has 0 atom stereocenters. The van der Waals surface area contributed by atoms with Crippen molar-refractivity contribution in [3.8, 4) is 22.3 Å². The number of hydrogen-bond acceptors (Lipinski definition) is 2. The van der Waals surface area contributed by atoms with Crippen LogP contribution in [0.3, 0.4) is 0 Å². The highest BCUT2D eigenvalue weighted by atomic mass is 28.3. The largest absolute Gasteiger partial charge is 0.310 e. The number of anilines is 6. The summed E-state index contributed by atoms with van der Waals surface area (Å²) in [6.45, 7) is 14.6. The predicted octanol–water partition coefficient (Wildman–Crippen LogP) is 16.4. The van der Waals surface area contributed by atoms with E-state index in [1.54, 1.807) is 0 Å². The van der Waals surface area contributed by atoms with Gasteiger partial charge in [0.05, 0.1) is 32.9 Å². The Balaban J connectivity index is 1.22. The van der Waals surface area contributed by atoms with Crippen LogP contribution in [0.25, 0.3) is 43.8 Å². The monoisotopic (exact) mass is 894 g/mol. The Kier molecular flexibility index (Phi) is 9.48. The van der Waals surface area contributed by atoms with Gasteiger partial charge in [-0.2, -0.15) is 0 Å². The van der Waals surface area contributed by atoms with Gasteiger partial charge >= 0.3 is 0 Å². The Labute approximate surface area is 397 Å². The first-order valence-corrected chi connectivity index (χ1v) is 30.8. The van der Waals surface area contributed by atoms with Gasteiger partial charge < -0.3 is 9.80 Å². The van der Waals surface area contributed by atoms with E-state index in [1.807, 2.05) is 0 Å². The fourth-order valence-corrected chi connectivity index (χ4v) is 13.7. The maximum Gasteiger partial charge on any atom is 0.0775 e. The minimum absolute atomic E-state index is 0.622. The van der Waals surface area contributed by atoms with Crippen molar-refractivity contribution in [2.75, 3.05) is 9.80 Å². The summed E-state index contributed by atoms with van der Waals surface area (Å²) in [4.78, 5) is 5.01. The molecule has 0 radical (unpaired) electrons. The summed E-state index contributed by atoms with van der Waals surface area (Å²) in [7, 11) is -3.09. The molecule has 2 nitrogen and oxygen atoms in total. The topological polar surface area (TPSA) is 6.48 Å². The lowest BCUT2D eigenvalue weighted by Gasteiger charge is -2.34. The van der Waals surface area contributed by atoms with Gasteiger partial charge in [0, 0.05) is 33.5 Å².